The van der Waals surface area contributed by atoms with Crippen LogP contribution < -0.4 is 11.1 Å². The van der Waals surface area contributed by atoms with Crippen molar-refractivity contribution in [3.8, 4) is 0 Å². The molecule has 2 rings (SSSR count). The smallest absolute Gasteiger partial charge is 0.225 e. The molecule has 5 nitrogen and oxygen atoms in total. The minimum absolute atomic E-state index is 0.0740. The van der Waals surface area contributed by atoms with E-state index in [0.717, 1.165) is 32.1 Å². The molecule has 1 saturated heterocycles. The number of carbonyl (C=O) groups is 2. The highest BCUT2D eigenvalue weighted by Gasteiger charge is 2.33. The number of hydrogen-bond acceptors (Lipinski definition) is 3. The van der Waals surface area contributed by atoms with Gasteiger partial charge in [-0.25, -0.2) is 0 Å². The van der Waals surface area contributed by atoms with Gasteiger partial charge in [-0.05, 0) is 32.1 Å². The minimum Gasteiger partial charge on any atom is -0.359 e. The lowest BCUT2D eigenvalue weighted by Gasteiger charge is -2.32. The summed E-state index contributed by atoms with van der Waals surface area (Å²) in [5.74, 6) is 0.546. The topological polar surface area (TPSA) is 75.4 Å². The van der Waals surface area contributed by atoms with Crippen LogP contribution in [-0.4, -0.2) is 42.9 Å². The Hall–Kier alpha value is -1.10. The summed E-state index contributed by atoms with van der Waals surface area (Å²) in [6.45, 7) is 1.42. The number of hydrogen-bond donors (Lipinski definition) is 2. The van der Waals surface area contributed by atoms with Crippen LogP contribution >= 0.6 is 0 Å². The summed E-state index contributed by atoms with van der Waals surface area (Å²) in [6.07, 6.45) is 4.28. The van der Waals surface area contributed by atoms with Gasteiger partial charge in [0.15, 0.2) is 0 Å². The van der Waals surface area contributed by atoms with E-state index >= 15 is 0 Å². The number of carbonyl (C=O) groups excluding carboxylic acids is 2. The van der Waals surface area contributed by atoms with Crippen LogP contribution in [0.1, 0.15) is 32.1 Å². The van der Waals surface area contributed by atoms with Crippen LogP contribution in [0.15, 0.2) is 0 Å². The molecule has 0 radical (unpaired) electrons. The van der Waals surface area contributed by atoms with Crippen LogP contribution in [0, 0.1) is 11.8 Å². The molecule has 2 atom stereocenters. The normalized spacial score (nSPS) is 29.3. The highest BCUT2D eigenvalue weighted by molar-refractivity contribution is 5.81. The fourth-order valence-electron chi connectivity index (χ4n) is 3.07. The predicted molar refractivity (Wildman–Crippen MR) is 68.7 cm³/mol. The quantitative estimate of drug-likeness (QED) is 0.733. The van der Waals surface area contributed by atoms with Gasteiger partial charge in [-0.15, -0.1) is 0 Å². The van der Waals surface area contributed by atoms with Gasteiger partial charge < -0.3 is 16.0 Å². The van der Waals surface area contributed by atoms with Crippen molar-refractivity contribution in [2.24, 2.45) is 17.6 Å². The number of amides is 2. The molecular formula is C13H23N3O2. The lowest BCUT2D eigenvalue weighted by molar-refractivity contribution is -0.138. The second-order valence-corrected chi connectivity index (χ2v) is 5.48. The van der Waals surface area contributed by atoms with Crippen molar-refractivity contribution in [3.63, 3.8) is 0 Å². The van der Waals surface area contributed by atoms with Gasteiger partial charge in [0.25, 0.3) is 0 Å². The molecule has 2 fully saturated rings. The van der Waals surface area contributed by atoms with Crippen molar-refractivity contribution >= 4 is 11.8 Å². The maximum Gasteiger partial charge on any atom is 0.225 e. The van der Waals surface area contributed by atoms with Crippen molar-refractivity contribution in [1.29, 1.82) is 0 Å². The van der Waals surface area contributed by atoms with Crippen molar-refractivity contribution in [2.45, 2.75) is 38.1 Å². The molecule has 0 aromatic heterocycles. The van der Waals surface area contributed by atoms with E-state index in [1.165, 1.54) is 0 Å². The molecule has 0 spiro atoms. The van der Waals surface area contributed by atoms with Gasteiger partial charge in [-0.1, -0.05) is 0 Å². The van der Waals surface area contributed by atoms with Crippen molar-refractivity contribution < 1.29 is 9.59 Å². The second-order valence-electron chi connectivity index (χ2n) is 5.48. The lowest BCUT2D eigenvalue weighted by Crippen LogP contribution is -2.44. The van der Waals surface area contributed by atoms with E-state index in [4.69, 9.17) is 5.73 Å². The second kappa shape index (κ2) is 5.69. The number of nitrogens with one attached hydrogen (secondary N) is 1. The number of likely N-dealkylation sites (tertiary alicyclic amines) is 1. The van der Waals surface area contributed by atoms with E-state index in [1.54, 1.807) is 7.05 Å². The Balaban J connectivity index is 1.82. The van der Waals surface area contributed by atoms with Crippen LogP contribution in [0.2, 0.25) is 0 Å². The fraction of sp³-hybridized carbons (Fsp3) is 0.846. The van der Waals surface area contributed by atoms with Gasteiger partial charge in [0.05, 0.1) is 0 Å². The third-order valence-corrected chi connectivity index (χ3v) is 4.25. The molecule has 0 bridgehead atoms. The number of nitrogens with zero attached hydrogens (tertiary/aromatic N) is 1. The van der Waals surface area contributed by atoms with E-state index in [1.807, 2.05) is 4.90 Å². The van der Waals surface area contributed by atoms with E-state index in [2.05, 4.69) is 5.32 Å². The minimum atomic E-state index is 0.0740. The van der Waals surface area contributed by atoms with Crippen LogP contribution in [0.25, 0.3) is 0 Å². The summed E-state index contributed by atoms with van der Waals surface area (Å²) in [5.41, 5.74) is 5.85. The van der Waals surface area contributed by atoms with E-state index in [0.29, 0.717) is 13.1 Å². The molecule has 102 valence electrons. The maximum atomic E-state index is 12.3. The summed E-state index contributed by atoms with van der Waals surface area (Å²) < 4.78 is 0. The fourth-order valence-corrected chi connectivity index (χ4v) is 3.07. The third kappa shape index (κ3) is 2.83. The van der Waals surface area contributed by atoms with Crippen molar-refractivity contribution in [3.05, 3.63) is 0 Å². The first kappa shape index (κ1) is 13.3. The molecule has 1 saturated carbocycles. The van der Waals surface area contributed by atoms with Gasteiger partial charge in [0.1, 0.15) is 0 Å². The average Bonchev–Trinajstić information content (AvgIpc) is 2.84. The Morgan fingerprint density at radius 3 is 2.28 bits per heavy atom. The molecule has 2 unspecified atom stereocenters. The van der Waals surface area contributed by atoms with E-state index in [9.17, 15) is 9.59 Å². The number of rotatable bonds is 2. The zero-order valence-corrected chi connectivity index (χ0v) is 11.0. The first-order valence-corrected chi connectivity index (χ1v) is 6.87. The summed E-state index contributed by atoms with van der Waals surface area (Å²) in [6, 6.07) is 0.197. The predicted octanol–water partition coefficient (Wildman–Crippen LogP) is 0.0984. The van der Waals surface area contributed by atoms with E-state index < -0.39 is 0 Å². The molecule has 1 aliphatic carbocycles. The lowest BCUT2D eigenvalue weighted by atomic mass is 9.94. The Labute approximate surface area is 108 Å². The van der Waals surface area contributed by atoms with Gasteiger partial charge in [0, 0.05) is 38.0 Å². The molecular weight excluding hydrogens is 230 g/mol. The summed E-state index contributed by atoms with van der Waals surface area (Å²) >= 11 is 0. The average molecular weight is 253 g/mol. The van der Waals surface area contributed by atoms with Crippen LogP contribution in [0.3, 0.4) is 0 Å². The molecule has 2 amide bonds. The van der Waals surface area contributed by atoms with Crippen LogP contribution in [0.5, 0.6) is 0 Å². The molecule has 2 aliphatic rings. The zero-order chi connectivity index (χ0) is 13.1. The molecule has 18 heavy (non-hydrogen) atoms. The molecule has 1 aliphatic heterocycles. The van der Waals surface area contributed by atoms with Gasteiger partial charge >= 0.3 is 0 Å². The highest BCUT2D eigenvalue weighted by atomic mass is 16.2. The Morgan fingerprint density at radius 1 is 1.11 bits per heavy atom. The Bertz CT molecular complexity index is 324. The largest absolute Gasteiger partial charge is 0.359 e. The summed E-state index contributed by atoms with van der Waals surface area (Å²) in [5, 5.41) is 2.68. The molecule has 0 aromatic rings. The molecule has 0 aromatic carbocycles. The summed E-state index contributed by atoms with van der Waals surface area (Å²) in [4.78, 5) is 25.7. The standard InChI is InChI=1S/C13H23N3O2/c1-15-12(17)9-4-6-16(7-5-9)13(18)10-2-3-11(14)8-10/h9-11H,2-8,14H2,1H3,(H,15,17). The maximum absolute atomic E-state index is 12.3. The van der Waals surface area contributed by atoms with Crippen LogP contribution in [-0.2, 0) is 9.59 Å². The van der Waals surface area contributed by atoms with Gasteiger partial charge in [-0.2, -0.15) is 0 Å². The SMILES string of the molecule is CNC(=O)C1CCN(C(=O)C2CCC(N)C2)CC1. The monoisotopic (exact) mass is 253 g/mol. The Kier molecular flexibility index (Phi) is 4.22. The first-order valence-electron chi connectivity index (χ1n) is 6.87. The number of piperidine rings is 1. The summed E-state index contributed by atoms with van der Waals surface area (Å²) in [7, 11) is 1.67. The molecule has 5 heteroatoms. The van der Waals surface area contributed by atoms with Gasteiger partial charge in [0.2, 0.25) is 11.8 Å². The highest BCUT2D eigenvalue weighted by Crippen LogP contribution is 2.28. The zero-order valence-electron chi connectivity index (χ0n) is 11.0. The van der Waals surface area contributed by atoms with Crippen molar-refractivity contribution in [2.75, 3.05) is 20.1 Å². The van der Waals surface area contributed by atoms with Crippen molar-refractivity contribution in [1.82, 2.24) is 10.2 Å². The molecule has 3 N–H and O–H groups in total. The van der Waals surface area contributed by atoms with Crippen LogP contribution in [0.4, 0.5) is 0 Å². The first-order chi connectivity index (χ1) is 8.61. The molecule has 1 heterocycles. The van der Waals surface area contributed by atoms with Gasteiger partial charge in [-0.3, -0.25) is 9.59 Å². The Morgan fingerprint density at radius 2 is 1.78 bits per heavy atom. The third-order valence-electron chi connectivity index (χ3n) is 4.25. The van der Waals surface area contributed by atoms with E-state index in [-0.39, 0.29) is 29.7 Å². The number of nitrogens with two attached hydrogens (primary N) is 1.